The number of rotatable bonds is 6. The third kappa shape index (κ3) is 3.68. The summed E-state index contributed by atoms with van der Waals surface area (Å²) < 4.78 is 7.37. The minimum Gasteiger partial charge on any atom is -0.364 e. The Morgan fingerprint density at radius 3 is 2.71 bits per heavy atom. The van der Waals surface area contributed by atoms with Gasteiger partial charge in [0.15, 0.2) is 11.0 Å². The maximum atomic E-state index is 6.14. The number of halogens is 1. The van der Waals surface area contributed by atoms with Gasteiger partial charge in [0.1, 0.15) is 12.0 Å². The van der Waals surface area contributed by atoms with Crippen molar-refractivity contribution in [1.29, 1.82) is 0 Å². The number of benzene rings is 1. The summed E-state index contributed by atoms with van der Waals surface area (Å²) in [7, 11) is 0. The first-order valence-corrected chi connectivity index (χ1v) is 10.1. The van der Waals surface area contributed by atoms with Gasteiger partial charge >= 0.3 is 0 Å². The van der Waals surface area contributed by atoms with Crippen molar-refractivity contribution in [2.24, 2.45) is 0 Å². The average Bonchev–Trinajstić information content (AvgIpc) is 3.35. The van der Waals surface area contributed by atoms with Gasteiger partial charge in [-0.25, -0.2) is 0 Å². The Bertz CT molecular complexity index is 1080. The lowest BCUT2D eigenvalue weighted by molar-refractivity contribution is 0.412. The van der Waals surface area contributed by atoms with Crippen LogP contribution in [0.2, 0.25) is 5.02 Å². The number of thioether (sulfide) groups is 1. The Morgan fingerprint density at radius 1 is 1.14 bits per heavy atom. The molecule has 0 fully saturated rings. The molecule has 0 saturated heterocycles. The zero-order valence-corrected chi connectivity index (χ0v) is 17.0. The fourth-order valence-corrected chi connectivity index (χ4v) is 4.22. The van der Waals surface area contributed by atoms with Gasteiger partial charge in [-0.1, -0.05) is 40.7 Å². The van der Waals surface area contributed by atoms with Gasteiger partial charge in [-0.05, 0) is 43.7 Å². The molecule has 1 atom stereocenters. The van der Waals surface area contributed by atoms with E-state index in [1.807, 2.05) is 36.4 Å². The predicted octanol–water partition coefficient (Wildman–Crippen LogP) is 5.52. The zero-order valence-electron chi connectivity index (χ0n) is 15.4. The van der Waals surface area contributed by atoms with Crippen LogP contribution >= 0.6 is 23.4 Å². The first-order chi connectivity index (χ1) is 13.7. The van der Waals surface area contributed by atoms with E-state index in [0.717, 1.165) is 39.9 Å². The van der Waals surface area contributed by atoms with Crippen LogP contribution in [0.4, 0.5) is 0 Å². The fourth-order valence-electron chi connectivity index (χ4n) is 3.00. The van der Waals surface area contributed by atoms with E-state index in [0.29, 0.717) is 5.02 Å². The van der Waals surface area contributed by atoms with E-state index >= 15 is 0 Å². The van der Waals surface area contributed by atoms with Crippen molar-refractivity contribution in [3.05, 3.63) is 65.8 Å². The van der Waals surface area contributed by atoms with Gasteiger partial charge in [-0.15, -0.1) is 10.2 Å². The molecule has 0 spiro atoms. The first kappa shape index (κ1) is 18.7. The summed E-state index contributed by atoms with van der Waals surface area (Å²) in [5.74, 6) is 0.829. The Kier molecular flexibility index (Phi) is 5.45. The molecule has 0 unspecified atom stereocenters. The van der Waals surface area contributed by atoms with Crippen LogP contribution in [0.25, 0.3) is 22.5 Å². The molecule has 3 aromatic heterocycles. The molecule has 4 aromatic rings. The Labute approximate surface area is 172 Å². The van der Waals surface area contributed by atoms with Gasteiger partial charge in [0, 0.05) is 35.1 Å². The highest BCUT2D eigenvalue weighted by atomic mass is 35.5. The van der Waals surface area contributed by atoms with Crippen molar-refractivity contribution in [3.63, 3.8) is 0 Å². The van der Waals surface area contributed by atoms with Crippen molar-refractivity contribution >= 4 is 23.4 Å². The smallest absolute Gasteiger partial charge is 0.192 e. The van der Waals surface area contributed by atoms with Crippen molar-refractivity contribution in [1.82, 2.24) is 24.9 Å². The second kappa shape index (κ2) is 8.16. The summed E-state index contributed by atoms with van der Waals surface area (Å²) in [6.45, 7) is 4.92. The lowest BCUT2D eigenvalue weighted by Gasteiger charge is -2.12. The number of aromatic nitrogens is 5. The number of pyridine rings is 1. The van der Waals surface area contributed by atoms with E-state index in [1.54, 1.807) is 30.4 Å². The number of nitrogens with zero attached hydrogens (tertiary/aromatic N) is 5. The summed E-state index contributed by atoms with van der Waals surface area (Å²) in [6.07, 6.45) is 5.17. The van der Waals surface area contributed by atoms with Gasteiger partial charge in [0.2, 0.25) is 0 Å². The molecule has 0 bridgehead atoms. The average molecular weight is 412 g/mol. The third-order valence-corrected chi connectivity index (χ3v) is 5.70. The first-order valence-electron chi connectivity index (χ1n) is 8.87. The van der Waals surface area contributed by atoms with E-state index in [9.17, 15) is 0 Å². The quantitative estimate of drug-likeness (QED) is 0.389. The molecule has 0 aliphatic heterocycles. The molecule has 0 aliphatic rings. The number of hydrogen-bond acceptors (Lipinski definition) is 6. The van der Waals surface area contributed by atoms with Crippen molar-refractivity contribution in [3.8, 4) is 22.5 Å². The maximum absolute atomic E-state index is 6.14. The minimum atomic E-state index is 0.0209. The predicted molar refractivity (Wildman–Crippen MR) is 110 cm³/mol. The van der Waals surface area contributed by atoms with Crippen molar-refractivity contribution < 1.29 is 4.52 Å². The molecule has 0 amide bonds. The van der Waals surface area contributed by atoms with E-state index in [1.165, 1.54) is 0 Å². The van der Waals surface area contributed by atoms with Gasteiger partial charge < -0.3 is 9.09 Å². The maximum Gasteiger partial charge on any atom is 0.192 e. The normalized spacial score (nSPS) is 12.2. The molecule has 0 saturated carbocycles. The standard InChI is InChI=1S/C20H18ClN5OS/c1-3-26-19(14-7-9-22-10-8-14)23-24-20(26)28-13(2)18-17(12-27-25-18)15-5-4-6-16(21)11-15/h4-13H,3H2,1-2H3/t13-/m0/s1. The SMILES string of the molecule is CCn1c(S[C@@H](C)c2nocc2-c2cccc(Cl)c2)nnc1-c1ccncc1. The largest absolute Gasteiger partial charge is 0.364 e. The van der Waals surface area contributed by atoms with Crippen molar-refractivity contribution in [2.75, 3.05) is 0 Å². The van der Waals surface area contributed by atoms with Crippen LogP contribution in [-0.2, 0) is 6.54 Å². The molecule has 0 N–H and O–H groups in total. The van der Waals surface area contributed by atoms with Gasteiger partial charge in [0.05, 0.1) is 5.25 Å². The van der Waals surface area contributed by atoms with Crippen LogP contribution in [-0.4, -0.2) is 24.9 Å². The number of hydrogen-bond donors (Lipinski definition) is 0. The van der Waals surface area contributed by atoms with Crippen LogP contribution < -0.4 is 0 Å². The molecule has 0 aliphatic carbocycles. The minimum absolute atomic E-state index is 0.0209. The molecular formula is C20H18ClN5OS. The van der Waals surface area contributed by atoms with Crippen LogP contribution in [0, 0.1) is 0 Å². The fraction of sp³-hybridized carbons (Fsp3) is 0.200. The topological polar surface area (TPSA) is 69.6 Å². The van der Waals surface area contributed by atoms with Gasteiger partial charge in [0.25, 0.3) is 0 Å². The Hall–Kier alpha value is -2.64. The summed E-state index contributed by atoms with van der Waals surface area (Å²) in [5.41, 5.74) is 3.75. The highest BCUT2D eigenvalue weighted by Gasteiger charge is 2.22. The van der Waals surface area contributed by atoms with Crippen LogP contribution in [0.5, 0.6) is 0 Å². The van der Waals surface area contributed by atoms with Gasteiger partial charge in [-0.3, -0.25) is 4.98 Å². The molecule has 8 heteroatoms. The molecule has 3 heterocycles. The second-order valence-electron chi connectivity index (χ2n) is 6.17. The van der Waals surface area contributed by atoms with Crippen molar-refractivity contribution in [2.45, 2.75) is 30.8 Å². The molecule has 28 heavy (non-hydrogen) atoms. The van der Waals surface area contributed by atoms with E-state index in [4.69, 9.17) is 16.1 Å². The molecular weight excluding hydrogens is 394 g/mol. The summed E-state index contributed by atoms with van der Waals surface area (Å²) in [6, 6.07) is 11.5. The lowest BCUT2D eigenvalue weighted by Crippen LogP contribution is -2.01. The monoisotopic (exact) mass is 411 g/mol. The highest BCUT2D eigenvalue weighted by molar-refractivity contribution is 7.99. The second-order valence-corrected chi connectivity index (χ2v) is 7.91. The van der Waals surface area contributed by atoms with Gasteiger partial charge in [-0.2, -0.15) is 0 Å². The zero-order chi connectivity index (χ0) is 19.5. The molecule has 0 radical (unpaired) electrons. The Balaban J connectivity index is 1.63. The molecule has 142 valence electrons. The molecule has 4 rings (SSSR count). The van der Waals surface area contributed by atoms with E-state index in [-0.39, 0.29) is 5.25 Å². The summed E-state index contributed by atoms with van der Waals surface area (Å²) in [5, 5.41) is 14.6. The molecule has 6 nitrogen and oxygen atoms in total. The highest BCUT2D eigenvalue weighted by Crippen LogP contribution is 2.39. The summed E-state index contributed by atoms with van der Waals surface area (Å²) >= 11 is 7.74. The molecule has 1 aromatic carbocycles. The van der Waals surface area contributed by atoms with E-state index < -0.39 is 0 Å². The van der Waals surface area contributed by atoms with Crippen LogP contribution in [0.15, 0.2) is 64.7 Å². The van der Waals surface area contributed by atoms with Crippen LogP contribution in [0.1, 0.15) is 24.8 Å². The lowest BCUT2D eigenvalue weighted by atomic mass is 10.1. The van der Waals surface area contributed by atoms with Crippen LogP contribution in [0.3, 0.4) is 0 Å². The Morgan fingerprint density at radius 2 is 1.96 bits per heavy atom. The third-order valence-electron chi connectivity index (χ3n) is 4.37. The van der Waals surface area contributed by atoms with E-state index in [2.05, 4.69) is 38.8 Å². The summed E-state index contributed by atoms with van der Waals surface area (Å²) in [4.78, 5) is 4.07.